The van der Waals surface area contributed by atoms with E-state index in [0.29, 0.717) is 12.0 Å². The maximum Gasteiger partial charge on any atom is 0.0317 e. The average molecular weight is 274 g/mol. The van der Waals surface area contributed by atoms with Gasteiger partial charge in [-0.05, 0) is 52.1 Å². The van der Waals surface area contributed by atoms with Crippen molar-refractivity contribution < 1.29 is 0 Å². The second kappa shape index (κ2) is 4.77. The van der Waals surface area contributed by atoms with Crippen molar-refractivity contribution >= 4 is 27.3 Å². The van der Waals surface area contributed by atoms with Crippen LogP contribution in [-0.2, 0) is 0 Å². The van der Waals surface area contributed by atoms with E-state index in [0.717, 1.165) is 6.42 Å². The minimum Gasteiger partial charge on any atom is -0.328 e. The van der Waals surface area contributed by atoms with Gasteiger partial charge in [-0.15, -0.1) is 0 Å². The summed E-state index contributed by atoms with van der Waals surface area (Å²) in [7, 11) is 0. The van der Waals surface area contributed by atoms with Crippen LogP contribution in [0.3, 0.4) is 0 Å². The fraction of sp³-hybridized carbons (Fsp3) is 0.636. The van der Waals surface area contributed by atoms with Crippen molar-refractivity contribution in [1.29, 1.82) is 0 Å². The summed E-state index contributed by atoms with van der Waals surface area (Å²) in [5.41, 5.74) is 7.55. The molecular weight excluding hydrogens is 258 g/mol. The van der Waals surface area contributed by atoms with Gasteiger partial charge < -0.3 is 5.73 Å². The van der Waals surface area contributed by atoms with Crippen LogP contribution in [0.2, 0.25) is 0 Å². The van der Waals surface area contributed by atoms with Crippen LogP contribution in [0.1, 0.15) is 43.6 Å². The highest BCUT2D eigenvalue weighted by molar-refractivity contribution is 9.10. The Kier molecular flexibility index (Phi) is 3.63. The Hall–Kier alpha value is 0.140. The third-order valence-electron chi connectivity index (χ3n) is 3.05. The lowest BCUT2D eigenvalue weighted by Gasteiger charge is -2.16. The summed E-state index contributed by atoms with van der Waals surface area (Å²) >= 11 is 5.40. The lowest BCUT2D eigenvalue weighted by atomic mass is 9.93. The first kappa shape index (κ1) is 10.7. The largest absolute Gasteiger partial charge is 0.328 e. The number of nitrogens with two attached hydrogens (primary N) is 1. The number of thiophene rings is 1. The second-order valence-electron chi connectivity index (χ2n) is 4.15. The Morgan fingerprint density at radius 2 is 2.07 bits per heavy atom. The SMILES string of the molecule is NC1CCCCC(c2cscc2Br)C1. The van der Waals surface area contributed by atoms with Crippen molar-refractivity contribution in [2.45, 2.75) is 44.1 Å². The van der Waals surface area contributed by atoms with E-state index in [2.05, 4.69) is 26.7 Å². The van der Waals surface area contributed by atoms with Gasteiger partial charge in [-0.2, -0.15) is 11.3 Å². The van der Waals surface area contributed by atoms with Gasteiger partial charge in [0.2, 0.25) is 0 Å². The summed E-state index contributed by atoms with van der Waals surface area (Å²) in [6, 6.07) is 0.411. The van der Waals surface area contributed by atoms with Crippen molar-refractivity contribution in [1.82, 2.24) is 0 Å². The van der Waals surface area contributed by atoms with Gasteiger partial charge in [0.1, 0.15) is 0 Å². The number of hydrogen-bond acceptors (Lipinski definition) is 2. The molecule has 1 nitrogen and oxygen atoms in total. The molecule has 1 aromatic rings. The molecule has 1 aliphatic carbocycles. The van der Waals surface area contributed by atoms with Gasteiger partial charge in [0.25, 0.3) is 0 Å². The average Bonchev–Trinajstić information content (AvgIpc) is 2.45. The molecule has 0 bridgehead atoms. The Bertz CT molecular complexity index is 297. The van der Waals surface area contributed by atoms with Gasteiger partial charge in [0, 0.05) is 15.9 Å². The van der Waals surface area contributed by atoms with Crippen LogP contribution in [0, 0.1) is 0 Å². The van der Waals surface area contributed by atoms with Crippen LogP contribution in [0.15, 0.2) is 15.2 Å². The molecule has 1 saturated carbocycles. The van der Waals surface area contributed by atoms with Gasteiger partial charge >= 0.3 is 0 Å². The van der Waals surface area contributed by atoms with E-state index in [4.69, 9.17) is 5.73 Å². The van der Waals surface area contributed by atoms with Crippen molar-refractivity contribution in [3.63, 3.8) is 0 Å². The minimum atomic E-state index is 0.411. The molecule has 14 heavy (non-hydrogen) atoms. The topological polar surface area (TPSA) is 26.0 Å². The zero-order valence-corrected chi connectivity index (χ0v) is 10.6. The van der Waals surface area contributed by atoms with Gasteiger partial charge in [-0.1, -0.05) is 12.8 Å². The zero-order valence-electron chi connectivity index (χ0n) is 8.21. The van der Waals surface area contributed by atoms with E-state index >= 15 is 0 Å². The molecule has 1 aromatic heterocycles. The highest BCUT2D eigenvalue weighted by Crippen LogP contribution is 2.36. The zero-order chi connectivity index (χ0) is 9.97. The minimum absolute atomic E-state index is 0.411. The van der Waals surface area contributed by atoms with Crippen LogP contribution < -0.4 is 5.73 Å². The van der Waals surface area contributed by atoms with Crippen LogP contribution in [0.25, 0.3) is 0 Å². The highest BCUT2D eigenvalue weighted by atomic mass is 79.9. The molecule has 2 rings (SSSR count). The molecule has 2 atom stereocenters. The second-order valence-corrected chi connectivity index (χ2v) is 5.75. The molecule has 1 aliphatic rings. The Balaban J connectivity index is 2.13. The molecule has 0 radical (unpaired) electrons. The lowest BCUT2D eigenvalue weighted by Crippen LogP contribution is -2.20. The lowest BCUT2D eigenvalue weighted by molar-refractivity contribution is 0.535. The molecule has 2 N–H and O–H groups in total. The van der Waals surface area contributed by atoms with E-state index in [1.807, 2.05) is 0 Å². The van der Waals surface area contributed by atoms with Crippen molar-refractivity contribution in [2.24, 2.45) is 5.73 Å². The monoisotopic (exact) mass is 273 g/mol. The summed E-state index contributed by atoms with van der Waals surface area (Å²) in [6.07, 6.45) is 6.32. The maximum atomic E-state index is 6.07. The Labute approximate surface area is 97.8 Å². The summed E-state index contributed by atoms with van der Waals surface area (Å²) in [4.78, 5) is 0. The van der Waals surface area contributed by atoms with Crippen LogP contribution in [-0.4, -0.2) is 6.04 Å². The molecule has 78 valence electrons. The van der Waals surface area contributed by atoms with Gasteiger partial charge in [0.15, 0.2) is 0 Å². The van der Waals surface area contributed by atoms with Crippen molar-refractivity contribution in [3.8, 4) is 0 Å². The van der Waals surface area contributed by atoms with Crippen LogP contribution in [0.5, 0.6) is 0 Å². The standard InChI is InChI=1S/C11H16BrNS/c12-11-7-14-6-10(11)8-3-1-2-4-9(13)5-8/h6-9H,1-5,13H2. The van der Waals surface area contributed by atoms with Gasteiger partial charge in [-0.3, -0.25) is 0 Å². The quantitative estimate of drug-likeness (QED) is 0.772. The maximum absolute atomic E-state index is 6.07. The predicted molar refractivity (Wildman–Crippen MR) is 65.8 cm³/mol. The third-order valence-corrected chi connectivity index (χ3v) is 4.80. The van der Waals surface area contributed by atoms with Gasteiger partial charge in [0.05, 0.1) is 0 Å². The summed E-state index contributed by atoms with van der Waals surface area (Å²) in [5, 5.41) is 4.44. The fourth-order valence-corrected chi connectivity index (χ4v) is 3.97. The smallest absolute Gasteiger partial charge is 0.0317 e. The molecule has 0 aliphatic heterocycles. The molecule has 3 heteroatoms. The van der Waals surface area contributed by atoms with Gasteiger partial charge in [-0.25, -0.2) is 0 Å². The van der Waals surface area contributed by atoms with E-state index in [-0.39, 0.29) is 0 Å². The first-order chi connectivity index (χ1) is 6.77. The van der Waals surface area contributed by atoms with E-state index < -0.39 is 0 Å². The molecule has 0 aromatic carbocycles. The van der Waals surface area contributed by atoms with Crippen LogP contribution in [0.4, 0.5) is 0 Å². The molecule has 2 unspecified atom stereocenters. The summed E-state index contributed by atoms with van der Waals surface area (Å²) in [5.74, 6) is 0.688. The van der Waals surface area contributed by atoms with E-state index in [1.165, 1.54) is 35.7 Å². The first-order valence-electron chi connectivity index (χ1n) is 5.24. The summed E-state index contributed by atoms with van der Waals surface area (Å²) in [6.45, 7) is 0. The number of rotatable bonds is 1. The predicted octanol–water partition coefficient (Wildman–Crippen LogP) is 3.89. The molecular formula is C11H16BrNS. The third kappa shape index (κ3) is 2.38. The van der Waals surface area contributed by atoms with E-state index in [9.17, 15) is 0 Å². The summed E-state index contributed by atoms with van der Waals surface area (Å²) < 4.78 is 1.28. The number of hydrogen-bond donors (Lipinski definition) is 1. The van der Waals surface area contributed by atoms with Crippen molar-refractivity contribution in [2.75, 3.05) is 0 Å². The molecule has 1 heterocycles. The fourth-order valence-electron chi connectivity index (χ4n) is 2.26. The van der Waals surface area contributed by atoms with E-state index in [1.54, 1.807) is 11.3 Å². The number of halogens is 1. The molecule has 1 fully saturated rings. The molecule has 0 amide bonds. The Morgan fingerprint density at radius 1 is 1.29 bits per heavy atom. The molecule has 0 saturated heterocycles. The molecule has 0 spiro atoms. The Morgan fingerprint density at radius 3 is 2.79 bits per heavy atom. The highest BCUT2D eigenvalue weighted by Gasteiger charge is 2.21. The normalized spacial score (nSPS) is 28.7. The first-order valence-corrected chi connectivity index (χ1v) is 6.98. The van der Waals surface area contributed by atoms with Crippen molar-refractivity contribution in [3.05, 3.63) is 20.8 Å². The van der Waals surface area contributed by atoms with Crippen LogP contribution >= 0.6 is 27.3 Å².